The number of nitrogens with zero attached hydrogens (tertiary/aromatic N) is 3. The van der Waals surface area contributed by atoms with Gasteiger partial charge in [-0.15, -0.1) is 0 Å². The van der Waals surface area contributed by atoms with Crippen molar-refractivity contribution in [3.05, 3.63) is 59.9 Å². The lowest BCUT2D eigenvalue weighted by molar-refractivity contribution is -0.131. The third-order valence-electron chi connectivity index (χ3n) is 4.79. The van der Waals surface area contributed by atoms with Gasteiger partial charge in [-0.1, -0.05) is 18.2 Å². The number of anilines is 2. The van der Waals surface area contributed by atoms with Crippen molar-refractivity contribution >= 4 is 23.2 Å². The van der Waals surface area contributed by atoms with Gasteiger partial charge in [0.2, 0.25) is 11.8 Å². The van der Waals surface area contributed by atoms with Gasteiger partial charge in [-0.2, -0.15) is 0 Å². The average molecular weight is 369 g/mol. The minimum Gasteiger partial charge on any atom is -0.368 e. The highest BCUT2D eigenvalue weighted by Crippen LogP contribution is 2.19. The van der Waals surface area contributed by atoms with Crippen molar-refractivity contribution in [3.63, 3.8) is 0 Å². The van der Waals surface area contributed by atoms with Crippen molar-refractivity contribution in [2.75, 3.05) is 42.5 Å². The summed E-state index contributed by atoms with van der Waals surface area (Å²) in [4.78, 5) is 30.0. The van der Waals surface area contributed by atoms with Gasteiger partial charge < -0.3 is 14.7 Å². The Bertz CT molecular complexity index is 832. The zero-order valence-electron chi connectivity index (χ0n) is 15.7. The van der Waals surface area contributed by atoms with E-state index in [2.05, 4.69) is 30.0 Å². The van der Waals surface area contributed by atoms with E-state index in [9.17, 15) is 14.0 Å². The molecule has 0 saturated carbocycles. The average Bonchev–Trinajstić information content (AvgIpc) is 2.66. The van der Waals surface area contributed by atoms with E-state index in [0.29, 0.717) is 18.8 Å². The molecule has 27 heavy (non-hydrogen) atoms. The molecule has 1 aliphatic heterocycles. The number of rotatable bonds is 4. The molecule has 1 heterocycles. The van der Waals surface area contributed by atoms with Crippen LogP contribution in [0.5, 0.6) is 0 Å². The molecule has 2 aromatic carbocycles. The fraction of sp³-hybridized carbons (Fsp3) is 0.333. The molecule has 0 atom stereocenters. The van der Waals surface area contributed by atoms with E-state index in [1.54, 1.807) is 11.0 Å². The maximum absolute atomic E-state index is 13.5. The number of hydrogen-bond donors (Lipinski definition) is 0. The summed E-state index contributed by atoms with van der Waals surface area (Å²) in [6.07, 6.45) is 0. The van der Waals surface area contributed by atoms with Gasteiger partial charge in [0.15, 0.2) is 0 Å². The number of benzene rings is 2. The Kier molecular flexibility index (Phi) is 5.74. The number of carbonyl (C=O) groups is 2. The molecular formula is C21H24FN3O2. The quantitative estimate of drug-likeness (QED) is 0.832. The molecule has 1 saturated heterocycles. The Hall–Kier alpha value is -2.89. The highest BCUT2D eigenvalue weighted by Gasteiger charge is 2.24. The van der Waals surface area contributed by atoms with Gasteiger partial charge in [-0.05, 0) is 42.8 Å². The lowest BCUT2D eigenvalue weighted by atomic mass is 10.2. The number of carbonyl (C=O) groups excluding carboxylic acids is 2. The van der Waals surface area contributed by atoms with Crippen LogP contribution in [0.1, 0.15) is 12.5 Å². The van der Waals surface area contributed by atoms with Crippen molar-refractivity contribution in [2.45, 2.75) is 13.8 Å². The van der Waals surface area contributed by atoms with Gasteiger partial charge >= 0.3 is 0 Å². The smallest absolute Gasteiger partial charge is 0.242 e. The van der Waals surface area contributed by atoms with Crippen LogP contribution >= 0.6 is 0 Å². The van der Waals surface area contributed by atoms with Crippen LogP contribution in [0.2, 0.25) is 0 Å². The highest BCUT2D eigenvalue weighted by molar-refractivity contribution is 5.97. The summed E-state index contributed by atoms with van der Waals surface area (Å²) in [5.41, 5.74) is 2.76. The van der Waals surface area contributed by atoms with Gasteiger partial charge in [-0.3, -0.25) is 9.59 Å². The summed E-state index contributed by atoms with van der Waals surface area (Å²) in [5.74, 6) is -0.844. The molecule has 6 heteroatoms. The lowest BCUT2D eigenvalue weighted by Gasteiger charge is -2.37. The topological polar surface area (TPSA) is 43.9 Å². The van der Waals surface area contributed by atoms with E-state index in [1.165, 1.54) is 35.6 Å². The summed E-state index contributed by atoms with van der Waals surface area (Å²) in [6.45, 7) is 6.05. The maximum Gasteiger partial charge on any atom is 0.242 e. The Balaban J connectivity index is 1.62. The summed E-state index contributed by atoms with van der Waals surface area (Å²) in [7, 11) is 0. The van der Waals surface area contributed by atoms with E-state index in [0.717, 1.165) is 18.8 Å². The highest BCUT2D eigenvalue weighted by atomic mass is 19.1. The van der Waals surface area contributed by atoms with Crippen LogP contribution in [0, 0.1) is 12.7 Å². The minimum absolute atomic E-state index is 0.0801. The first-order chi connectivity index (χ1) is 12.9. The summed E-state index contributed by atoms with van der Waals surface area (Å²) < 4.78 is 13.5. The van der Waals surface area contributed by atoms with Crippen molar-refractivity contribution in [3.8, 4) is 0 Å². The van der Waals surface area contributed by atoms with E-state index in [1.807, 2.05) is 6.07 Å². The second-order valence-corrected chi connectivity index (χ2v) is 6.79. The molecule has 0 N–H and O–H groups in total. The van der Waals surface area contributed by atoms with Crippen molar-refractivity contribution in [2.24, 2.45) is 0 Å². The van der Waals surface area contributed by atoms with E-state index >= 15 is 0 Å². The van der Waals surface area contributed by atoms with E-state index in [-0.39, 0.29) is 18.4 Å². The van der Waals surface area contributed by atoms with Gasteiger partial charge in [0, 0.05) is 44.5 Å². The Labute approximate surface area is 159 Å². The summed E-state index contributed by atoms with van der Waals surface area (Å²) in [5, 5.41) is 0. The molecule has 142 valence electrons. The predicted molar refractivity (Wildman–Crippen MR) is 104 cm³/mol. The Morgan fingerprint density at radius 3 is 2.37 bits per heavy atom. The molecule has 5 nitrogen and oxygen atoms in total. The number of amides is 2. The maximum atomic E-state index is 13.5. The molecule has 0 bridgehead atoms. The molecule has 0 spiro atoms. The molecule has 2 aromatic rings. The first-order valence-electron chi connectivity index (χ1n) is 9.07. The fourth-order valence-corrected chi connectivity index (χ4v) is 3.30. The Morgan fingerprint density at radius 1 is 1.04 bits per heavy atom. The molecule has 0 aliphatic carbocycles. The largest absolute Gasteiger partial charge is 0.368 e. The van der Waals surface area contributed by atoms with Crippen LogP contribution in [-0.4, -0.2) is 49.4 Å². The standard InChI is InChI=1S/C21H24FN3O2/c1-16-5-3-7-19(13-16)23-9-11-24(12-10-23)21(27)15-25(17(2)26)20-8-4-6-18(22)14-20/h3-8,13-14H,9-12,15H2,1-2H3. The molecule has 0 radical (unpaired) electrons. The summed E-state index contributed by atoms with van der Waals surface area (Å²) in [6, 6.07) is 14.1. The van der Waals surface area contributed by atoms with Gasteiger partial charge in [0.05, 0.1) is 0 Å². The van der Waals surface area contributed by atoms with Crippen LogP contribution in [0.25, 0.3) is 0 Å². The fourth-order valence-electron chi connectivity index (χ4n) is 3.30. The van der Waals surface area contributed by atoms with E-state index in [4.69, 9.17) is 0 Å². The normalized spacial score (nSPS) is 14.2. The van der Waals surface area contributed by atoms with Crippen LogP contribution < -0.4 is 9.80 Å². The Morgan fingerprint density at radius 2 is 1.74 bits per heavy atom. The second-order valence-electron chi connectivity index (χ2n) is 6.79. The van der Waals surface area contributed by atoms with Crippen LogP contribution in [0.15, 0.2) is 48.5 Å². The molecule has 1 aliphatic rings. The first kappa shape index (κ1) is 18.9. The summed E-state index contributed by atoms with van der Waals surface area (Å²) >= 11 is 0. The van der Waals surface area contributed by atoms with Crippen LogP contribution in [0.4, 0.5) is 15.8 Å². The number of hydrogen-bond acceptors (Lipinski definition) is 3. The zero-order valence-corrected chi connectivity index (χ0v) is 15.7. The number of halogens is 1. The van der Waals surface area contributed by atoms with Gasteiger partial charge in [-0.25, -0.2) is 4.39 Å². The molecule has 0 aromatic heterocycles. The number of aryl methyl sites for hydroxylation is 1. The predicted octanol–water partition coefficient (Wildman–Crippen LogP) is 2.84. The van der Waals surface area contributed by atoms with Gasteiger partial charge in [0.25, 0.3) is 0 Å². The second kappa shape index (κ2) is 8.20. The molecule has 0 unspecified atom stereocenters. The third-order valence-corrected chi connectivity index (χ3v) is 4.79. The zero-order chi connectivity index (χ0) is 19.4. The van der Waals surface area contributed by atoms with Crippen LogP contribution in [-0.2, 0) is 9.59 Å². The van der Waals surface area contributed by atoms with Crippen molar-refractivity contribution in [1.82, 2.24) is 4.90 Å². The van der Waals surface area contributed by atoms with Crippen molar-refractivity contribution < 1.29 is 14.0 Å². The molecular weight excluding hydrogens is 345 g/mol. The minimum atomic E-state index is -0.432. The molecule has 2 amide bonds. The molecule has 3 rings (SSSR count). The third kappa shape index (κ3) is 4.64. The van der Waals surface area contributed by atoms with E-state index < -0.39 is 5.82 Å². The first-order valence-corrected chi connectivity index (χ1v) is 9.07. The van der Waals surface area contributed by atoms with Gasteiger partial charge in [0.1, 0.15) is 12.4 Å². The van der Waals surface area contributed by atoms with Crippen molar-refractivity contribution in [1.29, 1.82) is 0 Å². The SMILES string of the molecule is CC(=O)N(CC(=O)N1CCN(c2cccc(C)c2)CC1)c1cccc(F)c1. The monoisotopic (exact) mass is 369 g/mol. The van der Waals surface area contributed by atoms with Crippen LogP contribution in [0.3, 0.4) is 0 Å². The number of piperazine rings is 1. The molecule has 1 fully saturated rings. The lowest BCUT2D eigenvalue weighted by Crippen LogP contribution is -2.51.